The second-order valence-corrected chi connectivity index (χ2v) is 5.92. The molecule has 2 N–H and O–H groups in total. The predicted octanol–water partition coefficient (Wildman–Crippen LogP) is 2.81. The summed E-state index contributed by atoms with van der Waals surface area (Å²) in [5.74, 6) is -0.649. The average Bonchev–Trinajstić information content (AvgIpc) is 2.46. The highest BCUT2D eigenvalue weighted by atomic mass is 19.4. The minimum Gasteiger partial charge on any atom is -0.480 e. The number of likely N-dealkylation sites (tertiary alicyclic amines) is 1. The number of alkyl halides is 3. The predicted molar refractivity (Wildman–Crippen MR) is 79.9 cm³/mol. The fraction of sp³-hybridized carbons (Fsp3) is 0.562. The molecule has 0 saturated carbocycles. The van der Waals surface area contributed by atoms with Crippen molar-refractivity contribution in [2.45, 2.75) is 51.1 Å². The molecule has 0 aromatic heterocycles. The van der Waals surface area contributed by atoms with Crippen molar-refractivity contribution < 1.29 is 22.7 Å². The van der Waals surface area contributed by atoms with Gasteiger partial charge in [0.2, 0.25) is 0 Å². The van der Waals surface area contributed by atoms with Crippen molar-refractivity contribution in [3.05, 3.63) is 29.8 Å². The molecule has 0 aliphatic carbocycles. The van der Waals surface area contributed by atoms with Gasteiger partial charge in [0.1, 0.15) is 5.75 Å². The molecular weight excluding hydrogens is 309 g/mol. The summed E-state index contributed by atoms with van der Waals surface area (Å²) in [6.45, 7) is 3.85. The van der Waals surface area contributed by atoms with E-state index in [0.717, 1.165) is 6.07 Å². The third-order valence-corrected chi connectivity index (χ3v) is 4.04. The van der Waals surface area contributed by atoms with Gasteiger partial charge in [0.05, 0.1) is 5.56 Å². The van der Waals surface area contributed by atoms with Gasteiger partial charge in [0.25, 0.3) is 5.91 Å². The zero-order chi connectivity index (χ0) is 17.2. The van der Waals surface area contributed by atoms with E-state index in [1.807, 2.05) is 6.92 Å². The Balaban J connectivity index is 2.10. The van der Waals surface area contributed by atoms with Crippen molar-refractivity contribution in [3.8, 4) is 5.75 Å². The number of carbonyl (C=O) groups is 1. The lowest BCUT2D eigenvalue weighted by Crippen LogP contribution is -2.52. The normalized spacial score (nSPS) is 23.5. The van der Waals surface area contributed by atoms with Crippen molar-refractivity contribution in [2.24, 2.45) is 5.73 Å². The lowest BCUT2D eigenvalue weighted by Gasteiger charge is -2.37. The first kappa shape index (κ1) is 17.6. The number of para-hydroxylation sites is 1. The summed E-state index contributed by atoms with van der Waals surface area (Å²) in [7, 11) is 0. The van der Waals surface area contributed by atoms with Gasteiger partial charge in [-0.05, 0) is 38.8 Å². The zero-order valence-corrected chi connectivity index (χ0v) is 13.1. The van der Waals surface area contributed by atoms with Crippen LogP contribution in [0.4, 0.5) is 13.2 Å². The van der Waals surface area contributed by atoms with E-state index in [0.29, 0.717) is 19.4 Å². The van der Waals surface area contributed by atoms with Gasteiger partial charge in [-0.15, -0.1) is 0 Å². The Hall–Kier alpha value is -1.76. The number of piperidine rings is 1. The van der Waals surface area contributed by atoms with Crippen LogP contribution in [0, 0.1) is 0 Å². The van der Waals surface area contributed by atoms with E-state index < -0.39 is 17.8 Å². The monoisotopic (exact) mass is 330 g/mol. The summed E-state index contributed by atoms with van der Waals surface area (Å²) in [5.41, 5.74) is 4.98. The maximum Gasteiger partial charge on any atom is 0.419 e. The fourth-order valence-corrected chi connectivity index (χ4v) is 2.81. The number of ether oxygens (including phenoxy) is 1. The van der Waals surface area contributed by atoms with E-state index in [1.54, 1.807) is 4.90 Å². The molecule has 1 aromatic carbocycles. The number of hydrogen-bond donors (Lipinski definition) is 1. The molecule has 0 unspecified atom stereocenters. The van der Waals surface area contributed by atoms with E-state index in [1.165, 1.54) is 25.1 Å². The first-order chi connectivity index (χ1) is 10.7. The molecule has 1 fully saturated rings. The number of hydrogen-bond acceptors (Lipinski definition) is 3. The van der Waals surface area contributed by atoms with Crippen LogP contribution >= 0.6 is 0 Å². The van der Waals surface area contributed by atoms with E-state index in [2.05, 4.69) is 0 Å². The van der Waals surface area contributed by atoms with E-state index in [-0.39, 0.29) is 23.7 Å². The Morgan fingerprint density at radius 3 is 2.65 bits per heavy atom. The van der Waals surface area contributed by atoms with Crippen molar-refractivity contribution in [2.75, 3.05) is 6.54 Å². The van der Waals surface area contributed by atoms with Crippen LogP contribution in [0.1, 0.15) is 32.3 Å². The maximum atomic E-state index is 13.0. The smallest absolute Gasteiger partial charge is 0.419 e. The van der Waals surface area contributed by atoms with Crippen LogP contribution in [0.25, 0.3) is 0 Å². The number of amides is 1. The third kappa shape index (κ3) is 4.16. The van der Waals surface area contributed by atoms with Crippen molar-refractivity contribution in [1.29, 1.82) is 0 Å². The van der Waals surface area contributed by atoms with Gasteiger partial charge in [0, 0.05) is 18.6 Å². The summed E-state index contributed by atoms with van der Waals surface area (Å²) < 4.78 is 44.2. The largest absolute Gasteiger partial charge is 0.480 e. The Bertz CT molecular complexity index is 563. The number of halogens is 3. The number of benzene rings is 1. The van der Waals surface area contributed by atoms with Crippen LogP contribution in [-0.4, -0.2) is 35.5 Å². The molecule has 23 heavy (non-hydrogen) atoms. The van der Waals surface area contributed by atoms with E-state index in [4.69, 9.17) is 10.5 Å². The summed E-state index contributed by atoms with van der Waals surface area (Å²) in [5, 5.41) is 0. The van der Waals surface area contributed by atoms with Crippen molar-refractivity contribution >= 4 is 5.91 Å². The summed E-state index contributed by atoms with van der Waals surface area (Å²) in [6, 6.07) is 4.91. The van der Waals surface area contributed by atoms with Crippen LogP contribution in [0.3, 0.4) is 0 Å². The lowest BCUT2D eigenvalue weighted by molar-refractivity contribution is -0.145. The van der Waals surface area contributed by atoms with Crippen LogP contribution in [0.5, 0.6) is 5.75 Å². The molecule has 0 bridgehead atoms. The van der Waals surface area contributed by atoms with Gasteiger partial charge in [-0.2, -0.15) is 13.2 Å². The van der Waals surface area contributed by atoms with Crippen LogP contribution in [-0.2, 0) is 11.0 Å². The second kappa shape index (κ2) is 6.78. The highest BCUT2D eigenvalue weighted by molar-refractivity contribution is 5.81. The number of nitrogens with zero attached hydrogens (tertiary/aromatic N) is 1. The third-order valence-electron chi connectivity index (χ3n) is 4.04. The highest BCUT2D eigenvalue weighted by Gasteiger charge is 2.36. The Morgan fingerprint density at radius 1 is 1.39 bits per heavy atom. The first-order valence-corrected chi connectivity index (χ1v) is 7.59. The van der Waals surface area contributed by atoms with Gasteiger partial charge < -0.3 is 15.4 Å². The van der Waals surface area contributed by atoms with E-state index >= 15 is 0 Å². The molecule has 1 aliphatic rings. The summed E-state index contributed by atoms with van der Waals surface area (Å²) in [6.07, 6.45) is -4.15. The van der Waals surface area contributed by atoms with Gasteiger partial charge in [-0.1, -0.05) is 12.1 Å². The van der Waals surface area contributed by atoms with Crippen LogP contribution in [0.15, 0.2) is 24.3 Å². The molecule has 0 spiro atoms. The molecule has 4 nitrogen and oxygen atoms in total. The SMILES string of the molecule is C[C@H](Oc1ccccc1C(F)(F)F)C(=O)N1CC[C@@H](N)C[C@H]1C. The minimum absolute atomic E-state index is 0.0461. The minimum atomic E-state index is -4.52. The standard InChI is InChI=1S/C16H21F3N2O2/c1-10-9-12(20)7-8-21(10)15(22)11(2)23-14-6-4-3-5-13(14)16(17,18)19/h3-6,10-12H,7-9,20H2,1-2H3/t10-,11+,12-/m1/s1. The van der Waals surface area contributed by atoms with Gasteiger partial charge in [0.15, 0.2) is 6.10 Å². The van der Waals surface area contributed by atoms with E-state index in [9.17, 15) is 18.0 Å². The molecular formula is C16H21F3N2O2. The quantitative estimate of drug-likeness (QED) is 0.927. The summed E-state index contributed by atoms with van der Waals surface area (Å²) >= 11 is 0. The average molecular weight is 330 g/mol. The zero-order valence-electron chi connectivity index (χ0n) is 13.1. The van der Waals surface area contributed by atoms with Crippen LogP contribution in [0.2, 0.25) is 0 Å². The molecule has 1 aliphatic heterocycles. The molecule has 7 heteroatoms. The number of nitrogens with two attached hydrogens (primary N) is 1. The second-order valence-electron chi connectivity index (χ2n) is 5.92. The first-order valence-electron chi connectivity index (χ1n) is 7.59. The van der Waals surface area contributed by atoms with Gasteiger partial charge in [-0.25, -0.2) is 0 Å². The molecule has 1 heterocycles. The molecule has 3 atom stereocenters. The van der Waals surface area contributed by atoms with Crippen LogP contribution < -0.4 is 10.5 Å². The molecule has 128 valence electrons. The molecule has 0 radical (unpaired) electrons. The number of rotatable bonds is 3. The maximum absolute atomic E-state index is 13.0. The molecule has 1 saturated heterocycles. The van der Waals surface area contributed by atoms with Crippen molar-refractivity contribution in [3.63, 3.8) is 0 Å². The lowest BCUT2D eigenvalue weighted by atomic mass is 9.98. The Morgan fingerprint density at radius 2 is 2.04 bits per heavy atom. The molecule has 1 aromatic rings. The Kier molecular flexibility index (Phi) is 5.19. The number of carbonyl (C=O) groups excluding carboxylic acids is 1. The molecule has 1 amide bonds. The van der Waals surface area contributed by atoms with Crippen molar-refractivity contribution in [1.82, 2.24) is 4.90 Å². The Labute approximate surface area is 133 Å². The van der Waals surface area contributed by atoms with Gasteiger partial charge in [-0.3, -0.25) is 4.79 Å². The summed E-state index contributed by atoms with van der Waals surface area (Å²) in [4.78, 5) is 14.1. The fourth-order valence-electron chi connectivity index (χ4n) is 2.81. The highest BCUT2D eigenvalue weighted by Crippen LogP contribution is 2.36. The molecule has 2 rings (SSSR count). The topological polar surface area (TPSA) is 55.6 Å². The van der Waals surface area contributed by atoms with Gasteiger partial charge >= 0.3 is 6.18 Å².